The van der Waals surface area contributed by atoms with Gasteiger partial charge in [0.15, 0.2) is 12.5 Å². The van der Waals surface area contributed by atoms with Crippen LogP contribution >= 0.6 is 39.5 Å². The largest absolute Gasteiger partial charge is 0.481 e. The Bertz CT molecular complexity index is 543. The van der Waals surface area contributed by atoms with Crippen molar-refractivity contribution in [3.8, 4) is 5.75 Å². The Morgan fingerprint density at radius 2 is 1.90 bits per heavy atom. The molecule has 0 aromatic heterocycles. The van der Waals surface area contributed by atoms with Gasteiger partial charge >= 0.3 is 13.6 Å². The Hall–Kier alpha value is -0.400. The van der Waals surface area contributed by atoms with Crippen LogP contribution in [0.4, 0.5) is 0 Å². The number of rotatable bonds is 7. The van der Waals surface area contributed by atoms with Crippen LogP contribution in [-0.4, -0.2) is 32.6 Å². The van der Waals surface area contributed by atoms with Crippen molar-refractivity contribution < 1.29 is 27.9 Å². The minimum absolute atomic E-state index is 0.321. The predicted octanol–water partition coefficient (Wildman–Crippen LogP) is 3.97. The van der Waals surface area contributed by atoms with Crippen LogP contribution in [0.2, 0.25) is 0 Å². The van der Waals surface area contributed by atoms with E-state index in [9.17, 15) is 9.36 Å². The topological polar surface area (TPSA) is 71.1 Å². The van der Waals surface area contributed by atoms with Crippen LogP contribution in [-0.2, 0) is 23.1 Å². The number of hydrogen-bond acceptors (Lipinski definition) is 6. The lowest BCUT2D eigenvalue weighted by Crippen LogP contribution is -2.21. The van der Waals surface area contributed by atoms with E-state index in [2.05, 4.69) is 31.9 Å². The van der Waals surface area contributed by atoms with Crippen molar-refractivity contribution in [1.29, 1.82) is 0 Å². The van der Waals surface area contributed by atoms with Crippen molar-refractivity contribution >= 4 is 45.4 Å². The molecule has 0 spiro atoms. The van der Waals surface area contributed by atoms with Gasteiger partial charge in [-0.25, -0.2) is 4.79 Å². The zero-order valence-corrected chi connectivity index (χ0v) is 15.7. The first-order valence-electron chi connectivity index (χ1n) is 5.81. The summed E-state index contributed by atoms with van der Waals surface area (Å²) < 4.78 is 33.3. The maximum Gasteiger partial charge on any atom is 0.370 e. The van der Waals surface area contributed by atoms with Crippen LogP contribution in [0.25, 0.3) is 0 Å². The highest BCUT2D eigenvalue weighted by Crippen LogP contribution is 2.51. The number of esters is 1. The number of carbonyl (C=O) groups excluding carboxylic acids is 1. The van der Waals surface area contributed by atoms with Crippen LogP contribution in [0.3, 0.4) is 0 Å². The van der Waals surface area contributed by atoms with E-state index in [4.69, 9.17) is 18.5 Å². The molecule has 0 aliphatic rings. The fourth-order valence-corrected chi connectivity index (χ4v) is 3.54. The summed E-state index contributed by atoms with van der Waals surface area (Å²) in [6.45, 7) is 1.11. The molecule has 0 aliphatic carbocycles. The van der Waals surface area contributed by atoms with E-state index in [-0.39, 0.29) is 6.61 Å². The lowest BCUT2D eigenvalue weighted by Gasteiger charge is -2.20. The number of benzene rings is 1. The van der Waals surface area contributed by atoms with Gasteiger partial charge in [0.1, 0.15) is 5.75 Å². The first kappa shape index (κ1) is 18.6. The van der Waals surface area contributed by atoms with Gasteiger partial charge in [0.2, 0.25) is 0 Å². The molecule has 1 rings (SSSR count). The number of ether oxygens (including phenoxy) is 2. The predicted molar refractivity (Wildman–Crippen MR) is 84.5 cm³/mol. The Balaban J connectivity index is 2.56. The summed E-state index contributed by atoms with van der Waals surface area (Å²) in [5.74, 6) is -1.20. The molecule has 0 fully saturated rings. The van der Waals surface area contributed by atoms with Crippen molar-refractivity contribution in [1.82, 2.24) is 0 Å². The van der Waals surface area contributed by atoms with E-state index in [1.807, 2.05) is 0 Å². The summed E-state index contributed by atoms with van der Waals surface area (Å²) in [5, 5.41) is 0. The first-order valence-corrected chi connectivity index (χ1v) is 9.00. The number of carbonyl (C=O) groups is 1. The van der Waals surface area contributed by atoms with Gasteiger partial charge in [0.25, 0.3) is 0 Å². The second kappa shape index (κ2) is 8.29. The molecule has 118 valence electrons. The highest BCUT2D eigenvalue weighted by molar-refractivity contribution is 9.11. The van der Waals surface area contributed by atoms with E-state index in [0.29, 0.717) is 10.2 Å². The third kappa shape index (κ3) is 5.38. The van der Waals surface area contributed by atoms with Crippen molar-refractivity contribution in [2.75, 3.05) is 20.8 Å². The average molecular weight is 446 g/mol. The molecule has 0 amide bonds. The quantitative estimate of drug-likeness (QED) is 0.467. The Kier molecular flexibility index (Phi) is 7.36. The fourth-order valence-electron chi connectivity index (χ4n) is 1.39. The lowest BCUT2D eigenvalue weighted by atomic mass is 10.3. The maximum absolute atomic E-state index is 12.0. The third-order valence-electron chi connectivity index (χ3n) is 2.50. The minimum Gasteiger partial charge on any atom is -0.481 e. The molecule has 21 heavy (non-hydrogen) atoms. The summed E-state index contributed by atoms with van der Waals surface area (Å²) in [5.41, 5.74) is 0. The van der Waals surface area contributed by atoms with Crippen LogP contribution in [0.1, 0.15) is 6.92 Å². The first-order chi connectivity index (χ1) is 9.82. The summed E-state index contributed by atoms with van der Waals surface area (Å²) in [7, 11) is -0.999. The van der Waals surface area contributed by atoms with E-state index >= 15 is 0 Å². The standard InChI is InChI=1S/C12H15Br2O6P/c1-8(21(16,17-2)18-3)20-12(15)7-19-11-5-4-9(13)6-10(11)14/h4-6,8H,7H2,1-3H3. The molecular formula is C12H15Br2O6P. The summed E-state index contributed by atoms with van der Waals surface area (Å²) in [6.07, 6.45) is 0. The molecule has 1 aromatic carbocycles. The van der Waals surface area contributed by atoms with Crippen molar-refractivity contribution in [3.63, 3.8) is 0 Å². The molecule has 1 atom stereocenters. The molecule has 6 nitrogen and oxygen atoms in total. The molecule has 0 aliphatic heterocycles. The van der Waals surface area contributed by atoms with Crippen molar-refractivity contribution in [2.24, 2.45) is 0 Å². The number of halogens is 2. The minimum atomic E-state index is -3.45. The summed E-state index contributed by atoms with van der Waals surface area (Å²) in [4.78, 5) is 11.7. The van der Waals surface area contributed by atoms with Crippen LogP contribution < -0.4 is 4.74 Å². The highest BCUT2D eigenvalue weighted by Gasteiger charge is 2.33. The SMILES string of the molecule is COP(=O)(OC)C(C)OC(=O)COc1ccc(Br)cc1Br. The molecule has 0 bridgehead atoms. The van der Waals surface area contributed by atoms with Crippen LogP contribution in [0, 0.1) is 0 Å². The third-order valence-corrected chi connectivity index (χ3v) is 5.62. The second-order valence-electron chi connectivity index (χ2n) is 3.86. The van der Waals surface area contributed by atoms with Gasteiger partial charge in [-0.05, 0) is 41.1 Å². The van der Waals surface area contributed by atoms with E-state index < -0.39 is 19.4 Å². The van der Waals surface area contributed by atoms with E-state index in [1.54, 1.807) is 18.2 Å². The zero-order chi connectivity index (χ0) is 16.0. The highest BCUT2D eigenvalue weighted by atomic mass is 79.9. The molecule has 9 heteroatoms. The molecule has 1 aromatic rings. The molecule has 0 saturated carbocycles. The monoisotopic (exact) mass is 444 g/mol. The van der Waals surface area contributed by atoms with Gasteiger partial charge in [0, 0.05) is 18.7 Å². The summed E-state index contributed by atoms with van der Waals surface area (Å²) >= 11 is 6.62. The van der Waals surface area contributed by atoms with Gasteiger partial charge in [-0.1, -0.05) is 15.9 Å². The molecule has 1 unspecified atom stereocenters. The van der Waals surface area contributed by atoms with Gasteiger partial charge in [-0.3, -0.25) is 4.57 Å². The van der Waals surface area contributed by atoms with Crippen LogP contribution in [0.15, 0.2) is 27.1 Å². The fraction of sp³-hybridized carbons (Fsp3) is 0.417. The Morgan fingerprint density at radius 3 is 2.43 bits per heavy atom. The second-order valence-corrected chi connectivity index (χ2v) is 8.16. The lowest BCUT2D eigenvalue weighted by molar-refractivity contribution is -0.148. The van der Waals surface area contributed by atoms with Gasteiger partial charge in [-0.15, -0.1) is 0 Å². The average Bonchev–Trinajstić information content (AvgIpc) is 2.45. The molecule has 0 saturated heterocycles. The molecule has 0 heterocycles. The van der Waals surface area contributed by atoms with E-state index in [0.717, 1.165) is 4.47 Å². The molecule has 0 radical (unpaired) electrons. The zero-order valence-electron chi connectivity index (χ0n) is 11.7. The van der Waals surface area contributed by atoms with Crippen LogP contribution in [0.5, 0.6) is 5.75 Å². The Labute approximate surface area is 139 Å². The van der Waals surface area contributed by atoms with Gasteiger partial charge < -0.3 is 18.5 Å². The normalized spacial score (nSPS) is 12.8. The van der Waals surface area contributed by atoms with Crippen molar-refractivity contribution in [2.45, 2.75) is 12.8 Å². The maximum atomic E-state index is 12.0. The van der Waals surface area contributed by atoms with Crippen molar-refractivity contribution in [3.05, 3.63) is 27.1 Å². The van der Waals surface area contributed by atoms with E-state index in [1.165, 1.54) is 21.1 Å². The van der Waals surface area contributed by atoms with Gasteiger partial charge in [0.05, 0.1) is 4.47 Å². The van der Waals surface area contributed by atoms with Gasteiger partial charge in [-0.2, -0.15) is 0 Å². The molecular weight excluding hydrogens is 431 g/mol. The summed E-state index contributed by atoms with van der Waals surface area (Å²) in [6, 6.07) is 5.26. The smallest absolute Gasteiger partial charge is 0.370 e. The number of hydrogen-bond donors (Lipinski definition) is 0. The Morgan fingerprint density at radius 1 is 1.29 bits per heavy atom. The molecule has 0 N–H and O–H groups in total.